The van der Waals surface area contributed by atoms with Crippen LogP contribution < -0.4 is 5.32 Å². The third kappa shape index (κ3) is 4.75. The van der Waals surface area contributed by atoms with Gasteiger partial charge in [-0.05, 0) is 12.5 Å². The van der Waals surface area contributed by atoms with E-state index in [-0.39, 0.29) is 6.54 Å². The first-order valence-corrected chi connectivity index (χ1v) is 7.57. The van der Waals surface area contributed by atoms with Gasteiger partial charge in [0.05, 0.1) is 6.54 Å². The van der Waals surface area contributed by atoms with Crippen LogP contribution in [0.25, 0.3) is 0 Å². The van der Waals surface area contributed by atoms with Crippen LogP contribution in [0.3, 0.4) is 0 Å². The Morgan fingerprint density at radius 2 is 2.26 bits per heavy atom. The van der Waals surface area contributed by atoms with E-state index in [1.54, 1.807) is 37.7 Å². The molecule has 1 aromatic carbocycles. The summed E-state index contributed by atoms with van der Waals surface area (Å²) in [4.78, 5) is 12.1. The number of nitrogens with one attached hydrogen (secondary N) is 1. The maximum Gasteiger partial charge on any atom is 0.253 e. The minimum atomic E-state index is -1.33. The van der Waals surface area contributed by atoms with Gasteiger partial charge in [0.1, 0.15) is 6.33 Å². The minimum Gasteiger partial charge on any atom is -0.385 e. The molecule has 0 bridgehead atoms. The Hall–Kier alpha value is -1.96. The van der Waals surface area contributed by atoms with E-state index in [2.05, 4.69) is 15.5 Å². The molecule has 124 valence electrons. The zero-order chi connectivity index (χ0) is 16.7. The fraction of sp³-hybridized carbons (Fsp3) is 0.400. The molecule has 0 unspecified atom stereocenters. The molecule has 1 amide bonds. The van der Waals surface area contributed by atoms with Gasteiger partial charge >= 0.3 is 0 Å². The van der Waals surface area contributed by atoms with E-state index in [9.17, 15) is 9.90 Å². The van der Waals surface area contributed by atoms with Gasteiger partial charge in [-0.1, -0.05) is 29.8 Å². The van der Waals surface area contributed by atoms with Gasteiger partial charge in [0.15, 0.2) is 11.9 Å². The van der Waals surface area contributed by atoms with Crippen molar-refractivity contribution in [1.82, 2.24) is 20.1 Å². The van der Waals surface area contributed by atoms with Crippen LogP contribution in [0.2, 0.25) is 5.02 Å². The highest BCUT2D eigenvalue weighted by molar-refractivity contribution is 6.31. The molecule has 0 spiro atoms. The molecule has 0 saturated carbocycles. The number of nitrogens with zero attached hydrogens (tertiary/aromatic N) is 3. The lowest BCUT2D eigenvalue weighted by Gasteiger charge is -2.13. The molecule has 1 atom stereocenters. The molecular formula is C15H19ClN4O3. The van der Waals surface area contributed by atoms with Gasteiger partial charge in [-0.25, -0.2) is 0 Å². The number of benzene rings is 1. The van der Waals surface area contributed by atoms with Gasteiger partial charge in [-0.3, -0.25) is 4.79 Å². The van der Waals surface area contributed by atoms with Gasteiger partial charge in [-0.2, -0.15) is 0 Å². The van der Waals surface area contributed by atoms with Crippen molar-refractivity contribution in [2.24, 2.45) is 0 Å². The molecule has 2 aromatic rings. The zero-order valence-electron chi connectivity index (χ0n) is 12.8. The smallest absolute Gasteiger partial charge is 0.253 e. The summed E-state index contributed by atoms with van der Waals surface area (Å²) in [6, 6.07) is 6.68. The highest BCUT2D eigenvalue weighted by Crippen LogP contribution is 2.22. The second-order valence-corrected chi connectivity index (χ2v) is 5.34. The third-order valence-corrected chi connectivity index (χ3v) is 3.66. The molecular weight excluding hydrogens is 320 g/mol. The Labute approximate surface area is 139 Å². The largest absolute Gasteiger partial charge is 0.385 e. The molecule has 2 rings (SSSR count). The monoisotopic (exact) mass is 338 g/mol. The molecule has 23 heavy (non-hydrogen) atoms. The van der Waals surface area contributed by atoms with E-state index in [4.69, 9.17) is 16.3 Å². The van der Waals surface area contributed by atoms with Gasteiger partial charge in [-0.15, -0.1) is 10.2 Å². The van der Waals surface area contributed by atoms with Gasteiger partial charge in [0.2, 0.25) is 0 Å². The summed E-state index contributed by atoms with van der Waals surface area (Å²) in [7, 11) is 1.64. The molecule has 0 aliphatic heterocycles. The summed E-state index contributed by atoms with van der Waals surface area (Å²) >= 11 is 5.98. The van der Waals surface area contributed by atoms with Crippen molar-refractivity contribution in [3.63, 3.8) is 0 Å². The second-order valence-electron chi connectivity index (χ2n) is 4.93. The quantitative estimate of drug-likeness (QED) is 0.708. The average Bonchev–Trinajstić information content (AvgIpc) is 3.00. The number of ether oxygens (including phenoxy) is 1. The number of rotatable bonds is 8. The predicted octanol–water partition coefficient (Wildman–Crippen LogP) is 1.32. The predicted molar refractivity (Wildman–Crippen MR) is 84.8 cm³/mol. The first-order chi connectivity index (χ1) is 11.1. The Kier molecular flexibility index (Phi) is 6.52. The summed E-state index contributed by atoms with van der Waals surface area (Å²) in [5.74, 6) is 0.0744. The fourth-order valence-corrected chi connectivity index (χ4v) is 2.32. The number of amides is 1. The Balaban J connectivity index is 1.92. The minimum absolute atomic E-state index is 0.174. The number of halogens is 1. The van der Waals surface area contributed by atoms with Crippen LogP contribution in [0, 0.1) is 0 Å². The van der Waals surface area contributed by atoms with Crippen molar-refractivity contribution in [3.8, 4) is 0 Å². The van der Waals surface area contributed by atoms with Crippen molar-refractivity contribution in [2.75, 3.05) is 13.7 Å². The van der Waals surface area contributed by atoms with Crippen molar-refractivity contribution in [1.29, 1.82) is 0 Å². The summed E-state index contributed by atoms with van der Waals surface area (Å²) in [5, 5.41) is 20.9. The third-order valence-electron chi connectivity index (χ3n) is 3.31. The van der Waals surface area contributed by atoms with Gasteiger partial charge in [0, 0.05) is 30.8 Å². The lowest BCUT2D eigenvalue weighted by Crippen LogP contribution is -2.30. The number of carbonyl (C=O) groups is 1. The molecule has 0 fully saturated rings. The summed E-state index contributed by atoms with van der Waals surface area (Å²) in [6.45, 7) is 1.50. The molecule has 1 heterocycles. The van der Waals surface area contributed by atoms with E-state index >= 15 is 0 Å². The maximum atomic E-state index is 12.1. The first-order valence-electron chi connectivity index (χ1n) is 7.19. The number of hydrogen-bond donors (Lipinski definition) is 2. The van der Waals surface area contributed by atoms with Crippen molar-refractivity contribution in [2.45, 2.75) is 25.6 Å². The fourth-order valence-electron chi connectivity index (χ4n) is 2.08. The SMILES string of the molecule is COCCCn1cnnc1CNC(=O)[C@H](O)c1ccccc1Cl. The van der Waals surface area contributed by atoms with E-state index in [1.165, 1.54) is 0 Å². The lowest BCUT2D eigenvalue weighted by atomic mass is 10.1. The highest BCUT2D eigenvalue weighted by atomic mass is 35.5. The summed E-state index contributed by atoms with van der Waals surface area (Å²) in [6.07, 6.45) is 1.09. The molecule has 0 aliphatic carbocycles. The van der Waals surface area contributed by atoms with Crippen LogP contribution in [0.4, 0.5) is 0 Å². The highest BCUT2D eigenvalue weighted by Gasteiger charge is 2.20. The normalized spacial score (nSPS) is 12.1. The molecule has 0 aliphatic rings. The number of carbonyl (C=O) groups excluding carboxylic acids is 1. The second kappa shape index (κ2) is 8.61. The van der Waals surface area contributed by atoms with Crippen molar-refractivity contribution < 1.29 is 14.6 Å². The van der Waals surface area contributed by atoms with Crippen molar-refractivity contribution >= 4 is 17.5 Å². The maximum absolute atomic E-state index is 12.1. The molecule has 8 heteroatoms. The molecule has 0 radical (unpaired) electrons. The van der Waals surface area contributed by atoms with Crippen LogP contribution >= 0.6 is 11.6 Å². The number of hydrogen-bond acceptors (Lipinski definition) is 5. The Bertz CT molecular complexity index is 647. The van der Waals surface area contributed by atoms with Crippen LogP contribution in [-0.4, -0.2) is 39.5 Å². The van der Waals surface area contributed by atoms with Crippen LogP contribution in [0.5, 0.6) is 0 Å². The van der Waals surface area contributed by atoms with Crippen molar-refractivity contribution in [3.05, 3.63) is 47.0 Å². The number of aromatic nitrogens is 3. The number of aryl methyl sites for hydroxylation is 1. The van der Waals surface area contributed by atoms with E-state index < -0.39 is 12.0 Å². The first kappa shape index (κ1) is 17.4. The zero-order valence-corrected chi connectivity index (χ0v) is 13.5. The number of aliphatic hydroxyl groups is 1. The van der Waals surface area contributed by atoms with Crippen LogP contribution in [0.15, 0.2) is 30.6 Å². The van der Waals surface area contributed by atoms with Crippen LogP contribution in [0.1, 0.15) is 23.9 Å². The Morgan fingerprint density at radius 3 is 3.00 bits per heavy atom. The van der Waals surface area contributed by atoms with E-state index in [0.717, 1.165) is 6.42 Å². The Morgan fingerprint density at radius 1 is 1.48 bits per heavy atom. The molecule has 7 nitrogen and oxygen atoms in total. The van der Waals surface area contributed by atoms with Crippen LogP contribution in [-0.2, 0) is 22.6 Å². The average molecular weight is 339 g/mol. The summed E-state index contributed by atoms with van der Waals surface area (Å²) in [5.41, 5.74) is 0.369. The van der Waals surface area contributed by atoms with Gasteiger partial charge in [0.25, 0.3) is 5.91 Å². The molecule has 1 aromatic heterocycles. The summed E-state index contributed by atoms with van der Waals surface area (Å²) < 4.78 is 6.83. The molecule has 0 saturated heterocycles. The van der Waals surface area contributed by atoms with E-state index in [0.29, 0.717) is 29.6 Å². The number of methoxy groups -OCH3 is 1. The van der Waals surface area contributed by atoms with Gasteiger partial charge < -0.3 is 19.7 Å². The van der Waals surface area contributed by atoms with E-state index in [1.807, 2.05) is 4.57 Å². The lowest BCUT2D eigenvalue weighted by molar-refractivity contribution is -0.129. The topological polar surface area (TPSA) is 89.3 Å². The molecule has 2 N–H and O–H groups in total. The standard InChI is InChI=1S/C15H19ClN4O3/c1-23-8-4-7-20-10-18-19-13(20)9-17-15(22)14(21)11-5-2-3-6-12(11)16/h2-3,5-6,10,14,21H,4,7-9H2,1H3,(H,17,22)/t14-/m1/s1. The number of aliphatic hydroxyl groups excluding tert-OH is 1.